The Morgan fingerprint density at radius 2 is 1.88 bits per heavy atom. The van der Waals surface area contributed by atoms with Crippen LogP contribution >= 0.6 is 0 Å². The lowest BCUT2D eigenvalue weighted by atomic mass is 10.1. The van der Waals surface area contributed by atoms with E-state index in [-0.39, 0.29) is 12.3 Å². The highest BCUT2D eigenvalue weighted by molar-refractivity contribution is 6.03. The van der Waals surface area contributed by atoms with Crippen molar-refractivity contribution in [2.24, 2.45) is 0 Å². The zero-order chi connectivity index (χ0) is 18.0. The van der Waals surface area contributed by atoms with Gasteiger partial charge in [-0.05, 0) is 24.3 Å². The van der Waals surface area contributed by atoms with Crippen LogP contribution in [0.25, 0.3) is 10.9 Å². The molecule has 25 heavy (non-hydrogen) atoms. The van der Waals surface area contributed by atoms with Crippen LogP contribution in [0.1, 0.15) is 20.7 Å². The van der Waals surface area contributed by atoms with Gasteiger partial charge < -0.3 is 14.0 Å². The number of hydrogen-bond donors (Lipinski definition) is 0. The van der Waals surface area contributed by atoms with E-state index in [1.807, 2.05) is 0 Å². The first kappa shape index (κ1) is 16.7. The molecule has 1 aromatic heterocycles. The molecular weight excluding hydrogens is 325 g/mol. The highest BCUT2D eigenvalue weighted by atomic mass is 19.1. The van der Waals surface area contributed by atoms with E-state index < -0.39 is 5.82 Å². The van der Waals surface area contributed by atoms with Crippen LogP contribution < -0.4 is 9.47 Å². The Balaban J connectivity index is 2.08. The SMILES string of the molecule is COc1cc(OC)c2c(C=O)cn(CC(=O)c3ccc(F)cc3)c2c1. The van der Waals surface area contributed by atoms with Crippen LogP contribution in [-0.2, 0) is 6.54 Å². The van der Waals surface area contributed by atoms with E-state index >= 15 is 0 Å². The summed E-state index contributed by atoms with van der Waals surface area (Å²) in [6.07, 6.45) is 2.32. The van der Waals surface area contributed by atoms with Gasteiger partial charge in [0.2, 0.25) is 0 Å². The van der Waals surface area contributed by atoms with Crippen molar-refractivity contribution < 1.29 is 23.5 Å². The number of benzene rings is 2. The lowest BCUT2D eigenvalue weighted by molar-refractivity contribution is 0.0972. The van der Waals surface area contributed by atoms with E-state index in [1.165, 1.54) is 38.5 Å². The van der Waals surface area contributed by atoms with Gasteiger partial charge in [0.25, 0.3) is 0 Å². The molecule has 0 amide bonds. The predicted molar refractivity (Wildman–Crippen MR) is 91.2 cm³/mol. The Labute approximate surface area is 143 Å². The van der Waals surface area contributed by atoms with Gasteiger partial charge in [-0.2, -0.15) is 0 Å². The summed E-state index contributed by atoms with van der Waals surface area (Å²) in [5.74, 6) is 0.441. The van der Waals surface area contributed by atoms with Gasteiger partial charge in [0, 0.05) is 29.5 Å². The summed E-state index contributed by atoms with van der Waals surface area (Å²) in [6.45, 7) is 0.00624. The van der Waals surface area contributed by atoms with Crippen molar-refractivity contribution in [3.8, 4) is 11.5 Å². The van der Waals surface area contributed by atoms with Gasteiger partial charge in [0.15, 0.2) is 12.1 Å². The van der Waals surface area contributed by atoms with E-state index in [4.69, 9.17) is 9.47 Å². The van der Waals surface area contributed by atoms with Crippen molar-refractivity contribution in [1.82, 2.24) is 4.57 Å². The number of methoxy groups -OCH3 is 2. The third-order valence-corrected chi connectivity index (χ3v) is 4.01. The van der Waals surface area contributed by atoms with Crippen LogP contribution in [0.3, 0.4) is 0 Å². The molecule has 0 spiro atoms. The maximum atomic E-state index is 13.0. The predicted octanol–water partition coefficient (Wildman–Crippen LogP) is 3.49. The van der Waals surface area contributed by atoms with Crippen LogP contribution in [0.15, 0.2) is 42.6 Å². The second-order valence-electron chi connectivity index (χ2n) is 5.48. The number of ketones is 1. The summed E-state index contributed by atoms with van der Waals surface area (Å²) in [5.41, 5.74) is 1.46. The Morgan fingerprint density at radius 3 is 2.48 bits per heavy atom. The molecule has 0 bridgehead atoms. The summed E-state index contributed by atoms with van der Waals surface area (Å²) in [7, 11) is 3.03. The number of rotatable bonds is 6. The maximum Gasteiger partial charge on any atom is 0.182 e. The van der Waals surface area contributed by atoms with Crippen LogP contribution in [-0.4, -0.2) is 30.9 Å². The van der Waals surface area contributed by atoms with Gasteiger partial charge in [0.05, 0.1) is 31.7 Å². The van der Waals surface area contributed by atoms with Crippen LogP contribution in [0, 0.1) is 5.82 Å². The zero-order valence-corrected chi connectivity index (χ0v) is 13.8. The Bertz CT molecular complexity index is 944. The van der Waals surface area contributed by atoms with E-state index in [2.05, 4.69) is 0 Å². The Hall–Kier alpha value is -3.15. The molecule has 2 aromatic carbocycles. The molecule has 3 aromatic rings. The van der Waals surface area contributed by atoms with Crippen molar-refractivity contribution in [2.75, 3.05) is 14.2 Å². The minimum Gasteiger partial charge on any atom is -0.497 e. The average Bonchev–Trinajstić information content (AvgIpc) is 2.99. The minimum absolute atomic E-state index is 0.00624. The van der Waals surface area contributed by atoms with Crippen LogP contribution in [0.2, 0.25) is 0 Å². The first-order chi connectivity index (χ1) is 12.1. The normalized spacial score (nSPS) is 10.7. The molecule has 0 aliphatic rings. The number of ether oxygens (including phenoxy) is 2. The topological polar surface area (TPSA) is 57.5 Å². The Kier molecular flexibility index (Phi) is 4.52. The quantitative estimate of drug-likeness (QED) is 0.509. The fourth-order valence-corrected chi connectivity index (χ4v) is 2.78. The standard InChI is InChI=1S/C19H16FNO4/c1-24-15-7-16-19(18(8-15)25-2)13(11-22)9-21(16)10-17(23)12-3-5-14(20)6-4-12/h3-9,11H,10H2,1-2H3. The van der Waals surface area contributed by atoms with Crippen molar-refractivity contribution in [1.29, 1.82) is 0 Å². The third kappa shape index (κ3) is 3.10. The summed E-state index contributed by atoms with van der Waals surface area (Å²) < 4.78 is 25.3. The van der Waals surface area contributed by atoms with Crippen LogP contribution in [0.4, 0.5) is 4.39 Å². The van der Waals surface area contributed by atoms with E-state index in [0.29, 0.717) is 33.5 Å². The molecule has 3 rings (SSSR count). The number of fused-ring (bicyclic) bond motifs is 1. The monoisotopic (exact) mass is 341 g/mol. The molecule has 5 nitrogen and oxygen atoms in total. The van der Waals surface area contributed by atoms with Gasteiger partial charge in [0.1, 0.15) is 17.3 Å². The number of Topliss-reactive ketones (excluding diaryl/α,β-unsaturated/α-hetero) is 1. The highest BCUT2D eigenvalue weighted by Gasteiger charge is 2.17. The second-order valence-corrected chi connectivity index (χ2v) is 5.48. The van der Waals surface area contributed by atoms with E-state index in [1.54, 1.807) is 22.9 Å². The molecular formula is C19H16FNO4. The smallest absolute Gasteiger partial charge is 0.182 e. The minimum atomic E-state index is -0.402. The highest BCUT2D eigenvalue weighted by Crippen LogP contribution is 2.34. The first-order valence-electron chi connectivity index (χ1n) is 7.56. The number of halogens is 1. The molecule has 0 aliphatic carbocycles. The van der Waals surface area contributed by atoms with Gasteiger partial charge in [-0.1, -0.05) is 0 Å². The van der Waals surface area contributed by atoms with Crippen molar-refractivity contribution >= 4 is 23.0 Å². The number of hydrogen-bond acceptors (Lipinski definition) is 4. The first-order valence-corrected chi connectivity index (χ1v) is 7.56. The maximum absolute atomic E-state index is 13.0. The second kappa shape index (κ2) is 6.76. The molecule has 6 heteroatoms. The van der Waals surface area contributed by atoms with Crippen molar-refractivity contribution in [3.63, 3.8) is 0 Å². The lowest BCUT2D eigenvalue weighted by Crippen LogP contribution is -2.09. The summed E-state index contributed by atoms with van der Waals surface area (Å²) in [5, 5.41) is 0.616. The summed E-state index contributed by atoms with van der Waals surface area (Å²) in [4.78, 5) is 23.9. The van der Waals surface area contributed by atoms with Crippen molar-refractivity contribution in [3.05, 3.63) is 59.5 Å². The molecule has 128 valence electrons. The van der Waals surface area contributed by atoms with Gasteiger partial charge >= 0.3 is 0 Å². The number of carbonyl (C=O) groups excluding carboxylic acids is 2. The number of nitrogens with zero attached hydrogens (tertiary/aromatic N) is 1. The number of carbonyl (C=O) groups is 2. The largest absolute Gasteiger partial charge is 0.497 e. The summed E-state index contributed by atoms with van der Waals surface area (Å²) >= 11 is 0. The zero-order valence-electron chi connectivity index (χ0n) is 13.8. The molecule has 0 fully saturated rings. The van der Waals surface area contributed by atoms with Crippen LogP contribution in [0.5, 0.6) is 11.5 Å². The molecule has 1 heterocycles. The number of aldehydes is 1. The summed E-state index contributed by atoms with van der Waals surface area (Å²) in [6, 6.07) is 8.77. The van der Waals surface area contributed by atoms with Gasteiger partial charge in [-0.25, -0.2) is 4.39 Å². The molecule has 0 aliphatic heterocycles. The average molecular weight is 341 g/mol. The molecule has 0 atom stereocenters. The van der Waals surface area contributed by atoms with Crippen molar-refractivity contribution in [2.45, 2.75) is 6.54 Å². The molecule has 0 saturated carbocycles. The van der Waals surface area contributed by atoms with Gasteiger partial charge in [-0.15, -0.1) is 0 Å². The third-order valence-electron chi connectivity index (χ3n) is 4.01. The van der Waals surface area contributed by atoms with E-state index in [9.17, 15) is 14.0 Å². The fourth-order valence-electron chi connectivity index (χ4n) is 2.78. The van der Waals surface area contributed by atoms with E-state index in [0.717, 1.165) is 6.29 Å². The molecule has 0 unspecified atom stereocenters. The molecule has 0 saturated heterocycles. The fraction of sp³-hybridized carbons (Fsp3) is 0.158. The molecule has 0 radical (unpaired) electrons. The lowest BCUT2D eigenvalue weighted by Gasteiger charge is -2.09. The number of aromatic nitrogens is 1. The molecule has 0 N–H and O–H groups in total. The van der Waals surface area contributed by atoms with Gasteiger partial charge in [-0.3, -0.25) is 9.59 Å². The Morgan fingerprint density at radius 1 is 1.16 bits per heavy atom.